The first-order valence-electron chi connectivity index (χ1n) is 8.96. The smallest absolute Gasteiger partial charge is 0.332 e. The van der Waals surface area contributed by atoms with Gasteiger partial charge in [0.15, 0.2) is 0 Å². The predicted molar refractivity (Wildman–Crippen MR) is 104 cm³/mol. The normalized spacial score (nSPS) is 14.9. The Morgan fingerprint density at radius 1 is 1.30 bits per heavy atom. The number of carboxylic acids is 1. The molecule has 1 saturated heterocycles. The minimum atomic E-state index is -1.35. The second-order valence-corrected chi connectivity index (χ2v) is 6.49. The number of anilines is 2. The van der Waals surface area contributed by atoms with Crippen molar-refractivity contribution in [1.82, 2.24) is 15.5 Å². The van der Waals surface area contributed by atoms with Crippen LogP contribution in [0.1, 0.15) is 19.8 Å². The molecule has 12 heteroatoms. The molecule has 30 heavy (non-hydrogen) atoms. The van der Waals surface area contributed by atoms with Gasteiger partial charge < -0.3 is 26.2 Å². The molecular weight excluding hydrogens is 398 g/mol. The number of aliphatic carboxylic acids is 1. The summed E-state index contributed by atoms with van der Waals surface area (Å²) in [4.78, 5) is 61.6. The molecule has 0 aromatic heterocycles. The highest BCUT2D eigenvalue weighted by Gasteiger charge is 2.35. The van der Waals surface area contributed by atoms with E-state index in [1.807, 2.05) is 0 Å². The lowest BCUT2D eigenvalue weighted by molar-refractivity contribution is -0.141. The number of nitrogens with two attached hydrogens (primary N) is 1. The summed E-state index contributed by atoms with van der Waals surface area (Å²) in [6.45, 7) is 0.736. The summed E-state index contributed by atoms with van der Waals surface area (Å²) in [5.74, 6) is -2.88. The van der Waals surface area contributed by atoms with E-state index in [9.17, 15) is 24.0 Å². The van der Waals surface area contributed by atoms with Crippen molar-refractivity contribution in [2.24, 2.45) is 0 Å². The number of nitrogen functional groups attached to an aromatic ring is 1. The maximum Gasteiger partial charge on any atom is 0.332 e. The topological polar surface area (TPSA) is 171 Å². The molecule has 1 heterocycles. The molecular formula is C18H23N5O7. The second-order valence-electron chi connectivity index (χ2n) is 6.49. The Balaban J connectivity index is 2.15. The molecule has 1 aliphatic heterocycles. The number of hydrogen-bond donors (Lipinski definition) is 4. The van der Waals surface area contributed by atoms with Crippen LogP contribution in [0.5, 0.6) is 5.75 Å². The number of methoxy groups -OCH3 is 1. The second kappa shape index (κ2) is 9.58. The Hall–Kier alpha value is -3.83. The van der Waals surface area contributed by atoms with E-state index in [0.29, 0.717) is 17.1 Å². The van der Waals surface area contributed by atoms with E-state index < -0.39 is 48.9 Å². The average Bonchev–Trinajstić information content (AvgIpc) is 2.66. The van der Waals surface area contributed by atoms with Crippen molar-refractivity contribution in [1.29, 1.82) is 0 Å². The Kier molecular flexibility index (Phi) is 7.17. The number of urea groups is 1. The molecule has 1 aliphatic rings. The van der Waals surface area contributed by atoms with Gasteiger partial charge in [0.05, 0.1) is 19.2 Å². The third-order valence-electron chi connectivity index (χ3n) is 4.29. The minimum absolute atomic E-state index is 0.0101. The molecule has 2 rings (SSSR count). The summed E-state index contributed by atoms with van der Waals surface area (Å²) in [5, 5.41) is 13.4. The van der Waals surface area contributed by atoms with Gasteiger partial charge in [0.25, 0.3) is 0 Å². The number of nitrogens with one attached hydrogen (secondary N) is 2. The van der Waals surface area contributed by atoms with Gasteiger partial charge in [-0.3, -0.25) is 24.1 Å². The minimum Gasteiger partial charge on any atom is -0.495 e. The predicted octanol–water partition coefficient (Wildman–Crippen LogP) is -0.511. The largest absolute Gasteiger partial charge is 0.495 e. The Morgan fingerprint density at radius 2 is 2.00 bits per heavy atom. The van der Waals surface area contributed by atoms with Crippen LogP contribution < -0.4 is 26.0 Å². The first-order chi connectivity index (χ1) is 14.1. The van der Waals surface area contributed by atoms with Crippen molar-refractivity contribution in [3.8, 4) is 5.75 Å². The van der Waals surface area contributed by atoms with Crippen LogP contribution in [0, 0.1) is 0 Å². The van der Waals surface area contributed by atoms with Crippen LogP contribution in [0.25, 0.3) is 0 Å². The zero-order valence-corrected chi connectivity index (χ0v) is 16.5. The molecule has 0 saturated carbocycles. The number of nitrogens with zero attached hydrogens (tertiary/aromatic N) is 2. The van der Waals surface area contributed by atoms with Gasteiger partial charge in [-0.05, 0) is 18.2 Å². The highest BCUT2D eigenvalue weighted by Crippen LogP contribution is 2.32. The Labute approximate surface area is 171 Å². The third-order valence-corrected chi connectivity index (χ3v) is 4.29. The van der Waals surface area contributed by atoms with Crippen LogP contribution in [0.4, 0.5) is 16.2 Å². The molecule has 0 aliphatic carbocycles. The van der Waals surface area contributed by atoms with Crippen molar-refractivity contribution in [3.05, 3.63) is 18.2 Å². The summed E-state index contributed by atoms with van der Waals surface area (Å²) >= 11 is 0. The molecule has 1 aromatic rings. The number of carboxylic acid groups (broad SMARTS) is 1. The zero-order chi connectivity index (χ0) is 22.4. The molecule has 0 spiro atoms. The molecule has 1 atom stereocenters. The van der Waals surface area contributed by atoms with Crippen molar-refractivity contribution in [2.75, 3.05) is 31.0 Å². The quantitative estimate of drug-likeness (QED) is 0.406. The van der Waals surface area contributed by atoms with Gasteiger partial charge in [0, 0.05) is 25.6 Å². The lowest BCUT2D eigenvalue weighted by atomic mass is 10.2. The summed E-state index contributed by atoms with van der Waals surface area (Å²) in [6, 6.07) is 2.67. The fourth-order valence-electron chi connectivity index (χ4n) is 2.90. The maximum absolute atomic E-state index is 12.9. The first kappa shape index (κ1) is 22.5. The van der Waals surface area contributed by atoms with Gasteiger partial charge in [-0.25, -0.2) is 9.69 Å². The molecule has 0 unspecified atom stereocenters. The van der Waals surface area contributed by atoms with Gasteiger partial charge in [-0.15, -0.1) is 0 Å². The molecule has 5 amide bonds. The summed E-state index contributed by atoms with van der Waals surface area (Å²) < 4.78 is 5.25. The van der Waals surface area contributed by atoms with E-state index in [4.69, 9.17) is 15.6 Å². The lowest BCUT2D eigenvalue weighted by Crippen LogP contribution is -2.57. The maximum atomic E-state index is 12.9. The number of imide groups is 1. The summed E-state index contributed by atoms with van der Waals surface area (Å²) in [7, 11) is 1.43. The molecule has 12 nitrogen and oxygen atoms in total. The standard InChI is InChI=1S/C18H23N5O7/c1-10(24)21-12(8-16(26)27)17(28)20-9-23-15(25)5-6-22(18(23)29)13-7-11(19)3-4-14(13)30-2/h3-4,7,12H,5-6,8-9,19H2,1-2H3,(H,20,28)(H,21,24)(H,26,27)/t12-/m0/s1. The number of amides is 5. The van der Waals surface area contributed by atoms with Crippen LogP contribution in [0.15, 0.2) is 18.2 Å². The van der Waals surface area contributed by atoms with Gasteiger partial charge >= 0.3 is 12.0 Å². The molecule has 162 valence electrons. The van der Waals surface area contributed by atoms with Gasteiger partial charge in [0.2, 0.25) is 17.7 Å². The number of carbonyl (C=O) groups is 5. The van der Waals surface area contributed by atoms with Crippen LogP contribution >= 0.6 is 0 Å². The average molecular weight is 421 g/mol. The molecule has 0 radical (unpaired) electrons. The molecule has 1 fully saturated rings. The fourth-order valence-corrected chi connectivity index (χ4v) is 2.90. The summed E-state index contributed by atoms with van der Waals surface area (Å²) in [6.07, 6.45) is -0.663. The number of carbonyl (C=O) groups excluding carboxylic acids is 4. The van der Waals surface area contributed by atoms with E-state index >= 15 is 0 Å². The van der Waals surface area contributed by atoms with E-state index in [0.717, 1.165) is 11.8 Å². The molecule has 1 aromatic carbocycles. The number of hydrogen-bond acceptors (Lipinski definition) is 7. The highest BCUT2D eigenvalue weighted by molar-refractivity contribution is 6.06. The Bertz CT molecular complexity index is 856. The van der Waals surface area contributed by atoms with E-state index in [-0.39, 0.29) is 13.0 Å². The van der Waals surface area contributed by atoms with Gasteiger partial charge in [-0.2, -0.15) is 0 Å². The van der Waals surface area contributed by atoms with E-state index in [2.05, 4.69) is 10.6 Å². The number of ether oxygens (including phenoxy) is 1. The first-order valence-corrected chi connectivity index (χ1v) is 8.96. The fraction of sp³-hybridized carbons (Fsp3) is 0.389. The number of benzene rings is 1. The van der Waals surface area contributed by atoms with E-state index in [1.165, 1.54) is 18.1 Å². The van der Waals surface area contributed by atoms with Crippen LogP contribution in [-0.4, -0.2) is 66.1 Å². The summed E-state index contributed by atoms with van der Waals surface area (Å²) in [5.41, 5.74) is 6.55. The molecule has 5 N–H and O–H groups in total. The van der Waals surface area contributed by atoms with Crippen LogP contribution in [-0.2, 0) is 19.2 Å². The third kappa shape index (κ3) is 5.37. The van der Waals surface area contributed by atoms with E-state index in [1.54, 1.807) is 12.1 Å². The zero-order valence-electron chi connectivity index (χ0n) is 16.5. The van der Waals surface area contributed by atoms with Gasteiger partial charge in [-0.1, -0.05) is 0 Å². The monoisotopic (exact) mass is 421 g/mol. The lowest BCUT2D eigenvalue weighted by Gasteiger charge is -2.35. The number of rotatable bonds is 8. The molecule has 0 bridgehead atoms. The van der Waals surface area contributed by atoms with Gasteiger partial charge in [0.1, 0.15) is 18.5 Å². The van der Waals surface area contributed by atoms with Crippen molar-refractivity contribution < 1.29 is 33.8 Å². The SMILES string of the molecule is COc1ccc(N)cc1N1CCC(=O)N(CNC(=O)[C@H](CC(=O)O)NC(C)=O)C1=O. The van der Waals surface area contributed by atoms with Crippen molar-refractivity contribution in [2.45, 2.75) is 25.8 Å². The van der Waals surface area contributed by atoms with Crippen LogP contribution in [0.3, 0.4) is 0 Å². The Morgan fingerprint density at radius 3 is 2.60 bits per heavy atom. The van der Waals surface area contributed by atoms with Crippen molar-refractivity contribution in [3.63, 3.8) is 0 Å². The van der Waals surface area contributed by atoms with Crippen LogP contribution in [0.2, 0.25) is 0 Å². The van der Waals surface area contributed by atoms with Crippen molar-refractivity contribution >= 4 is 41.1 Å². The highest BCUT2D eigenvalue weighted by atomic mass is 16.5.